The number of anilines is 1. The SMILES string of the molecule is COCC(Nc1noc(-c2ccccc2)n1)c1ccc(C)o1. The molecule has 0 fully saturated rings. The van der Waals surface area contributed by atoms with Crippen LogP contribution in [0.4, 0.5) is 5.95 Å². The van der Waals surface area contributed by atoms with E-state index in [1.807, 2.05) is 49.4 Å². The Bertz CT molecular complexity index is 721. The van der Waals surface area contributed by atoms with Gasteiger partial charge in [-0.25, -0.2) is 0 Å². The van der Waals surface area contributed by atoms with Crippen LogP contribution in [0.1, 0.15) is 17.6 Å². The van der Waals surface area contributed by atoms with Gasteiger partial charge in [-0.05, 0) is 36.3 Å². The topological polar surface area (TPSA) is 73.3 Å². The summed E-state index contributed by atoms with van der Waals surface area (Å²) in [5.74, 6) is 2.48. The van der Waals surface area contributed by atoms with E-state index < -0.39 is 0 Å². The van der Waals surface area contributed by atoms with Gasteiger partial charge in [-0.3, -0.25) is 0 Å². The Kier molecular flexibility index (Phi) is 4.20. The molecule has 0 amide bonds. The maximum absolute atomic E-state index is 5.63. The van der Waals surface area contributed by atoms with Gasteiger partial charge in [0.25, 0.3) is 11.8 Å². The van der Waals surface area contributed by atoms with Gasteiger partial charge in [0.05, 0.1) is 6.61 Å². The number of hydrogen-bond donors (Lipinski definition) is 1. The van der Waals surface area contributed by atoms with Crippen LogP contribution >= 0.6 is 0 Å². The average molecular weight is 299 g/mol. The molecule has 6 heteroatoms. The lowest BCUT2D eigenvalue weighted by Gasteiger charge is -2.13. The van der Waals surface area contributed by atoms with E-state index in [0.29, 0.717) is 18.4 Å². The van der Waals surface area contributed by atoms with Gasteiger partial charge in [-0.15, -0.1) is 0 Å². The quantitative estimate of drug-likeness (QED) is 0.751. The van der Waals surface area contributed by atoms with Gasteiger partial charge in [0, 0.05) is 12.7 Å². The molecular weight excluding hydrogens is 282 g/mol. The predicted molar refractivity (Wildman–Crippen MR) is 81.4 cm³/mol. The van der Waals surface area contributed by atoms with Crippen LogP contribution in [0, 0.1) is 6.92 Å². The summed E-state index contributed by atoms with van der Waals surface area (Å²) in [5.41, 5.74) is 0.875. The van der Waals surface area contributed by atoms with E-state index in [2.05, 4.69) is 15.5 Å². The summed E-state index contributed by atoms with van der Waals surface area (Å²) >= 11 is 0. The fourth-order valence-corrected chi connectivity index (χ4v) is 2.14. The number of furan rings is 1. The molecule has 3 rings (SSSR count). The van der Waals surface area contributed by atoms with Crippen molar-refractivity contribution in [2.75, 3.05) is 19.0 Å². The smallest absolute Gasteiger partial charge is 0.264 e. The summed E-state index contributed by atoms with van der Waals surface area (Å²) in [6, 6.07) is 13.2. The van der Waals surface area contributed by atoms with Crippen molar-refractivity contribution in [1.82, 2.24) is 10.1 Å². The van der Waals surface area contributed by atoms with Crippen molar-refractivity contribution in [2.45, 2.75) is 13.0 Å². The number of methoxy groups -OCH3 is 1. The first kappa shape index (κ1) is 14.3. The number of nitrogens with zero attached hydrogens (tertiary/aromatic N) is 2. The van der Waals surface area contributed by atoms with Crippen LogP contribution in [0.25, 0.3) is 11.5 Å². The molecule has 114 valence electrons. The van der Waals surface area contributed by atoms with Crippen LogP contribution in [0.5, 0.6) is 0 Å². The van der Waals surface area contributed by atoms with Gasteiger partial charge < -0.3 is 19.0 Å². The number of nitrogens with one attached hydrogen (secondary N) is 1. The van der Waals surface area contributed by atoms with Gasteiger partial charge in [-0.1, -0.05) is 18.2 Å². The lowest BCUT2D eigenvalue weighted by Crippen LogP contribution is -2.16. The largest absolute Gasteiger partial charge is 0.464 e. The minimum absolute atomic E-state index is 0.181. The van der Waals surface area contributed by atoms with Crippen molar-refractivity contribution in [3.05, 3.63) is 54.0 Å². The minimum Gasteiger partial charge on any atom is -0.464 e. The molecule has 1 N–H and O–H groups in total. The minimum atomic E-state index is -0.181. The Hall–Kier alpha value is -2.60. The third-order valence-electron chi connectivity index (χ3n) is 3.19. The van der Waals surface area contributed by atoms with Crippen molar-refractivity contribution in [2.24, 2.45) is 0 Å². The molecule has 0 radical (unpaired) electrons. The molecule has 1 atom stereocenters. The number of aryl methyl sites for hydroxylation is 1. The van der Waals surface area contributed by atoms with Gasteiger partial charge >= 0.3 is 0 Å². The fraction of sp³-hybridized carbons (Fsp3) is 0.250. The lowest BCUT2D eigenvalue weighted by molar-refractivity contribution is 0.178. The first-order chi connectivity index (χ1) is 10.8. The van der Waals surface area contributed by atoms with E-state index in [4.69, 9.17) is 13.7 Å². The molecule has 0 bridgehead atoms. The molecule has 0 aliphatic carbocycles. The Labute approximate surface area is 128 Å². The molecule has 1 aromatic carbocycles. The summed E-state index contributed by atoms with van der Waals surface area (Å²) < 4.78 is 16.1. The Balaban J connectivity index is 1.77. The third-order valence-corrected chi connectivity index (χ3v) is 3.19. The Morgan fingerprint density at radius 3 is 2.68 bits per heavy atom. The van der Waals surface area contributed by atoms with Crippen molar-refractivity contribution < 1.29 is 13.7 Å². The molecule has 2 aromatic heterocycles. The standard InChI is InChI=1S/C16H17N3O3/c1-11-8-9-14(21-11)13(10-20-2)17-16-18-15(22-19-16)12-6-4-3-5-7-12/h3-9,13H,10H2,1-2H3,(H,17,19). The van der Waals surface area contributed by atoms with Crippen LogP contribution in [0.2, 0.25) is 0 Å². The van der Waals surface area contributed by atoms with Crippen molar-refractivity contribution >= 4 is 5.95 Å². The summed E-state index contributed by atoms with van der Waals surface area (Å²) in [4.78, 5) is 4.35. The molecule has 3 aromatic rings. The van der Waals surface area contributed by atoms with E-state index in [0.717, 1.165) is 17.1 Å². The first-order valence-electron chi connectivity index (χ1n) is 6.97. The van der Waals surface area contributed by atoms with Gasteiger partial charge in [-0.2, -0.15) is 4.98 Å². The molecule has 22 heavy (non-hydrogen) atoms. The molecule has 6 nitrogen and oxygen atoms in total. The highest BCUT2D eigenvalue weighted by atomic mass is 16.5. The van der Waals surface area contributed by atoms with Crippen LogP contribution in [-0.4, -0.2) is 23.9 Å². The van der Waals surface area contributed by atoms with E-state index >= 15 is 0 Å². The molecule has 0 aliphatic rings. The van der Waals surface area contributed by atoms with Gasteiger partial charge in [0.1, 0.15) is 17.6 Å². The molecule has 0 saturated carbocycles. The number of ether oxygens (including phenoxy) is 1. The second-order valence-corrected chi connectivity index (χ2v) is 4.89. The predicted octanol–water partition coefficient (Wildman–Crippen LogP) is 3.44. The number of aromatic nitrogens is 2. The monoisotopic (exact) mass is 299 g/mol. The Morgan fingerprint density at radius 2 is 2.00 bits per heavy atom. The highest BCUT2D eigenvalue weighted by Gasteiger charge is 2.18. The molecule has 0 spiro atoms. The zero-order valence-electron chi connectivity index (χ0n) is 12.4. The number of benzene rings is 1. The van der Waals surface area contributed by atoms with E-state index in [-0.39, 0.29) is 6.04 Å². The fourth-order valence-electron chi connectivity index (χ4n) is 2.14. The lowest BCUT2D eigenvalue weighted by atomic mass is 10.2. The summed E-state index contributed by atoms with van der Waals surface area (Å²) in [7, 11) is 1.64. The normalized spacial score (nSPS) is 12.3. The molecular formula is C16H17N3O3. The summed E-state index contributed by atoms with van der Waals surface area (Å²) in [6.07, 6.45) is 0. The van der Waals surface area contributed by atoms with E-state index in [9.17, 15) is 0 Å². The van der Waals surface area contributed by atoms with Crippen LogP contribution < -0.4 is 5.32 Å². The maximum Gasteiger partial charge on any atom is 0.264 e. The zero-order valence-corrected chi connectivity index (χ0v) is 12.4. The maximum atomic E-state index is 5.63. The summed E-state index contributed by atoms with van der Waals surface area (Å²) in [6.45, 7) is 2.33. The van der Waals surface area contributed by atoms with E-state index in [1.165, 1.54) is 0 Å². The second-order valence-electron chi connectivity index (χ2n) is 4.89. The number of rotatable bonds is 6. The average Bonchev–Trinajstić information content (AvgIpc) is 3.17. The van der Waals surface area contributed by atoms with Gasteiger partial charge in [0.15, 0.2) is 0 Å². The van der Waals surface area contributed by atoms with Crippen molar-refractivity contribution in [3.63, 3.8) is 0 Å². The number of hydrogen-bond acceptors (Lipinski definition) is 6. The molecule has 1 unspecified atom stereocenters. The van der Waals surface area contributed by atoms with Gasteiger partial charge in [0.2, 0.25) is 0 Å². The molecule has 0 saturated heterocycles. The van der Waals surface area contributed by atoms with Crippen molar-refractivity contribution in [3.8, 4) is 11.5 Å². The van der Waals surface area contributed by atoms with Crippen LogP contribution in [0.3, 0.4) is 0 Å². The van der Waals surface area contributed by atoms with Crippen LogP contribution in [-0.2, 0) is 4.74 Å². The first-order valence-corrected chi connectivity index (χ1v) is 6.97. The molecule has 2 heterocycles. The Morgan fingerprint density at radius 1 is 1.18 bits per heavy atom. The zero-order chi connectivity index (χ0) is 15.4. The van der Waals surface area contributed by atoms with Crippen molar-refractivity contribution in [1.29, 1.82) is 0 Å². The highest BCUT2D eigenvalue weighted by Crippen LogP contribution is 2.23. The molecule has 0 aliphatic heterocycles. The summed E-state index contributed by atoms with van der Waals surface area (Å²) in [5, 5.41) is 7.12. The second kappa shape index (κ2) is 6.44. The third kappa shape index (κ3) is 3.17. The van der Waals surface area contributed by atoms with E-state index in [1.54, 1.807) is 7.11 Å². The van der Waals surface area contributed by atoms with Crippen LogP contribution in [0.15, 0.2) is 51.4 Å². The highest BCUT2D eigenvalue weighted by molar-refractivity contribution is 5.53.